The van der Waals surface area contributed by atoms with Crippen molar-refractivity contribution in [3.05, 3.63) is 20.7 Å². The summed E-state index contributed by atoms with van der Waals surface area (Å²) in [6.07, 6.45) is 0. The van der Waals surface area contributed by atoms with Gasteiger partial charge in [-0.1, -0.05) is 11.3 Å². The van der Waals surface area contributed by atoms with E-state index in [0.29, 0.717) is 5.69 Å². The Balaban J connectivity index is 2.39. The standard InChI is InChI=1S/C8H11N3O5S/c12-2-5(6(13)14)11-7(15)9-1-4-3-17-8(16)10-4/h3,5,12H,1-2H2,(H,10,16)(H,13,14)(H2,9,11,15). The maximum absolute atomic E-state index is 11.2. The molecule has 1 aromatic heterocycles. The van der Waals surface area contributed by atoms with Gasteiger partial charge >= 0.3 is 16.9 Å². The zero-order valence-corrected chi connectivity index (χ0v) is 9.41. The van der Waals surface area contributed by atoms with E-state index in [1.165, 1.54) is 0 Å². The lowest BCUT2D eigenvalue weighted by molar-refractivity contribution is -0.140. The predicted molar refractivity (Wildman–Crippen MR) is 58.8 cm³/mol. The molecule has 1 unspecified atom stereocenters. The van der Waals surface area contributed by atoms with Crippen LogP contribution in [-0.4, -0.2) is 39.8 Å². The molecule has 0 saturated heterocycles. The van der Waals surface area contributed by atoms with Crippen molar-refractivity contribution in [2.75, 3.05) is 6.61 Å². The van der Waals surface area contributed by atoms with Crippen molar-refractivity contribution < 1.29 is 19.8 Å². The van der Waals surface area contributed by atoms with Gasteiger partial charge in [0.25, 0.3) is 0 Å². The smallest absolute Gasteiger partial charge is 0.328 e. The number of aliphatic carboxylic acids is 1. The van der Waals surface area contributed by atoms with Crippen LogP contribution in [0.25, 0.3) is 0 Å². The average Bonchev–Trinajstić information content (AvgIpc) is 2.68. The van der Waals surface area contributed by atoms with Crippen LogP contribution in [0.3, 0.4) is 0 Å². The fraction of sp³-hybridized carbons (Fsp3) is 0.375. The number of carbonyl (C=O) groups is 2. The highest BCUT2D eigenvalue weighted by molar-refractivity contribution is 7.07. The van der Waals surface area contributed by atoms with Crippen molar-refractivity contribution in [2.24, 2.45) is 0 Å². The second kappa shape index (κ2) is 6.01. The van der Waals surface area contributed by atoms with E-state index in [9.17, 15) is 14.4 Å². The Kier molecular flexibility index (Phi) is 4.67. The number of aliphatic hydroxyl groups is 1. The van der Waals surface area contributed by atoms with Gasteiger partial charge in [-0.3, -0.25) is 4.79 Å². The molecule has 0 fully saturated rings. The van der Waals surface area contributed by atoms with Crippen LogP contribution in [0.5, 0.6) is 0 Å². The Morgan fingerprint density at radius 1 is 1.53 bits per heavy atom. The molecule has 0 aromatic carbocycles. The fourth-order valence-corrected chi connectivity index (χ4v) is 1.55. The van der Waals surface area contributed by atoms with Gasteiger partial charge in [0.15, 0.2) is 6.04 Å². The number of hydrogen-bond donors (Lipinski definition) is 5. The summed E-state index contributed by atoms with van der Waals surface area (Å²) in [6.45, 7) is -0.625. The summed E-state index contributed by atoms with van der Waals surface area (Å²) in [7, 11) is 0. The third-order valence-corrected chi connectivity index (χ3v) is 2.51. The van der Waals surface area contributed by atoms with E-state index in [-0.39, 0.29) is 11.4 Å². The Labute approximate surface area is 99.3 Å². The summed E-state index contributed by atoms with van der Waals surface area (Å²) >= 11 is 0.962. The molecule has 0 radical (unpaired) electrons. The fourth-order valence-electron chi connectivity index (χ4n) is 0.971. The van der Waals surface area contributed by atoms with Gasteiger partial charge in [0.1, 0.15) is 0 Å². The summed E-state index contributed by atoms with van der Waals surface area (Å²) in [6, 6.07) is -2.09. The highest BCUT2D eigenvalue weighted by Gasteiger charge is 2.18. The predicted octanol–water partition coefficient (Wildman–Crippen LogP) is -1.32. The highest BCUT2D eigenvalue weighted by atomic mass is 32.1. The van der Waals surface area contributed by atoms with Crippen LogP contribution < -0.4 is 15.5 Å². The molecule has 2 amide bonds. The molecule has 0 aliphatic heterocycles. The van der Waals surface area contributed by atoms with Crippen LogP contribution >= 0.6 is 11.3 Å². The molecule has 0 bridgehead atoms. The van der Waals surface area contributed by atoms with E-state index in [4.69, 9.17) is 10.2 Å². The number of H-pyrrole nitrogens is 1. The molecule has 1 rings (SSSR count). The average molecular weight is 261 g/mol. The van der Waals surface area contributed by atoms with Crippen LogP contribution in [0.4, 0.5) is 4.79 Å². The van der Waals surface area contributed by atoms with E-state index in [2.05, 4.69) is 15.6 Å². The van der Waals surface area contributed by atoms with Gasteiger partial charge in [-0.25, -0.2) is 9.59 Å². The molecule has 1 atom stereocenters. The number of aliphatic hydroxyl groups excluding tert-OH is 1. The minimum absolute atomic E-state index is 0.0718. The maximum atomic E-state index is 11.2. The van der Waals surface area contributed by atoms with Crippen LogP contribution in [-0.2, 0) is 11.3 Å². The van der Waals surface area contributed by atoms with Gasteiger partial charge in [-0.05, 0) is 0 Å². The summed E-state index contributed by atoms with van der Waals surface area (Å²) in [5.74, 6) is -1.33. The number of thiazole rings is 1. The molecule has 1 heterocycles. The van der Waals surface area contributed by atoms with Gasteiger partial charge in [-0.2, -0.15) is 0 Å². The van der Waals surface area contributed by atoms with E-state index >= 15 is 0 Å². The Hall–Kier alpha value is -1.87. The number of urea groups is 1. The quantitative estimate of drug-likeness (QED) is 0.448. The van der Waals surface area contributed by atoms with Crippen molar-refractivity contribution in [3.63, 3.8) is 0 Å². The largest absolute Gasteiger partial charge is 0.480 e. The normalized spacial score (nSPS) is 11.8. The molecule has 94 valence electrons. The van der Waals surface area contributed by atoms with Gasteiger partial charge in [0.05, 0.1) is 13.2 Å². The van der Waals surface area contributed by atoms with E-state index in [0.717, 1.165) is 11.3 Å². The first kappa shape index (κ1) is 13.2. The van der Waals surface area contributed by atoms with Crippen LogP contribution in [0.2, 0.25) is 0 Å². The van der Waals surface area contributed by atoms with Crippen LogP contribution in [0.15, 0.2) is 10.2 Å². The second-order valence-corrected chi connectivity index (χ2v) is 3.92. The number of carboxylic acid groups (broad SMARTS) is 1. The minimum atomic E-state index is -1.35. The number of rotatable bonds is 5. The van der Waals surface area contributed by atoms with Gasteiger partial charge in [0, 0.05) is 11.1 Å². The molecular weight excluding hydrogens is 250 g/mol. The number of amides is 2. The topological polar surface area (TPSA) is 132 Å². The number of hydrogen-bond acceptors (Lipinski definition) is 5. The summed E-state index contributed by atoms with van der Waals surface area (Å²) in [4.78, 5) is 34.7. The third kappa shape index (κ3) is 4.25. The first-order valence-electron chi connectivity index (χ1n) is 4.57. The maximum Gasteiger partial charge on any atom is 0.328 e. The number of nitrogens with one attached hydrogen (secondary N) is 3. The zero-order chi connectivity index (χ0) is 12.8. The number of aromatic nitrogens is 1. The SMILES string of the molecule is O=C(NCc1csc(=O)[nH]1)NC(CO)C(=O)O. The lowest BCUT2D eigenvalue weighted by atomic mass is 10.3. The molecule has 0 aliphatic rings. The lowest BCUT2D eigenvalue weighted by Gasteiger charge is -2.11. The lowest BCUT2D eigenvalue weighted by Crippen LogP contribution is -2.47. The molecule has 0 aliphatic carbocycles. The van der Waals surface area contributed by atoms with Crippen LogP contribution in [0, 0.1) is 0 Å². The highest BCUT2D eigenvalue weighted by Crippen LogP contribution is 1.94. The van der Waals surface area contributed by atoms with Gasteiger partial charge in [-0.15, -0.1) is 0 Å². The van der Waals surface area contributed by atoms with Crippen molar-refractivity contribution >= 4 is 23.3 Å². The molecule has 8 nitrogen and oxygen atoms in total. The van der Waals surface area contributed by atoms with Gasteiger partial charge < -0.3 is 25.8 Å². The van der Waals surface area contributed by atoms with Gasteiger partial charge in [0.2, 0.25) is 0 Å². The summed E-state index contributed by atoms with van der Waals surface area (Å²) < 4.78 is 0. The van der Waals surface area contributed by atoms with E-state index < -0.39 is 24.6 Å². The van der Waals surface area contributed by atoms with Crippen molar-refractivity contribution in [2.45, 2.75) is 12.6 Å². The second-order valence-electron chi connectivity index (χ2n) is 3.07. The number of aromatic amines is 1. The Morgan fingerprint density at radius 2 is 2.24 bits per heavy atom. The first-order chi connectivity index (χ1) is 8.02. The molecule has 0 spiro atoms. The molecule has 5 N–H and O–H groups in total. The molecular formula is C8H11N3O5S. The molecule has 0 saturated carbocycles. The van der Waals surface area contributed by atoms with Crippen molar-refractivity contribution in [3.8, 4) is 0 Å². The van der Waals surface area contributed by atoms with E-state index in [1.807, 2.05) is 0 Å². The van der Waals surface area contributed by atoms with Crippen molar-refractivity contribution in [1.29, 1.82) is 0 Å². The van der Waals surface area contributed by atoms with Crippen molar-refractivity contribution in [1.82, 2.24) is 15.6 Å². The molecule has 1 aromatic rings. The zero-order valence-electron chi connectivity index (χ0n) is 8.60. The summed E-state index contributed by atoms with van der Waals surface area (Å²) in [5, 5.41) is 23.2. The molecule has 9 heteroatoms. The number of carbonyl (C=O) groups excluding carboxylic acids is 1. The molecule has 17 heavy (non-hydrogen) atoms. The summed E-state index contributed by atoms with van der Waals surface area (Å²) in [5.41, 5.74) is 0.519. The monoisotopic (exact) mass is 261 g/mol. The Morgan fingerprint density at radius 3 is 2.71 bits per heavy atom. The van der Waals surface area contributed by atoms with E-state index in [1.54, 1.807) is 5.38 Å². The number of carboxylic acids is 1. The third-order valence-electron chi connectivity index (χ3n) is 1.80. The van der Waals surface area contributed by atoms with Crippen LogP contribution in [0.1, 0.15) is 5.69 Å². The Bertz CT molecular complexity index is 454. The minimum Gasteiger partial charge on any atom is -0.480 e. The first-order valence-corrected chi connectivity index (χ1v) is 5.45.